The number of hydrogen-bond donors (Lipinski definition) is 2. The second-order valence-electron chi connectivity index (χ2n) is 5.88. The SMILES string of the molecule is Cc1ccc(C(=O)C(=O)NCCCN2CCC(O)CC2)cc1. The number of ketones is 1. The Hall–Kier alpha value is -1.72. The molecular formula is C17H24N2O3. The predicted octanol–water partition coefficient (Wildman–Crippen LogP) is 1.14. The molecule has 1 saturated heterocycles. The molecule has 0 radical (unpaired) electrons. The minimum Gasteiger partial charge on any atom is -0.393 e. The summed E-state index contributed by atoms with van der Waals surface area (Å²) in [6.45, 7) is 5.12. The quantitative estimate of drug-likeness (QED) is 0.470. The zero-order chi connectivity index (χ0) is 15.9. The summed E-state index contributed by atoms with van der Waals surface area (Å²) in [5.74, 6) is -1.03. The van der Waals surface area contributed by atoms with Crippen LogP contribution in [0.1, 0.15) is 35.2 Å². The molecule has 120 valence electrons. The van der Waals surface area contributed by atoms with Crippen molar-refractivity contribution in [2.24, 2.45) is 0 Å². The van der Waals surface area contributed by atoms with Crippen LogP contribution >= 0.6 is 0 Å². The molecule has 1 aliphatic rings. The number of aliphatic hydroxyl groups is 1. The number of likely N-dealkylation sites (tertiary alicyclic amines) is 1. The Morgan fingerprint density at radius 3 is 2.50 bits per heavy atom. The van der Waals surface area contributed by atoms with Crippen LogP contribution in [0.5, 0.6) is 0 Å². The summed E-state index contributed by atoms with van der Waals surface area (Å²) < 4.78 is 0. The third-order valence-corrected chi connectivity index (χ3v) is 4.01. The number of piperidine rings is 1. The second-order valence-corrected chi connectivity index (χ2v) is 5.88. The van der Waals surface area contributed by atoms with Crippen LogP contribution in [-0.2, 0) is 4.79 Å². The van der Waals surface area contributed by atoms with Gasteiger partial charge in [-0.15, -0.1) is 0 Å². The summed E-state index contributed by atoms with van der Waals surface area (Å²) in [5, 5.41) is 12.1. The van der Waals surface area contributed by atoms with Gasteiger partial charge >= 0.3 is 0 Å². The molecule has 1 aromatic carbocycles. The molecule has 5 nitrogen and oxygen atoms in total. The molecule has 1 heterocycles. The van der Waals surface area contributed by atoms with Crippen LogP contribution in [0.4, 0.5) is 0 Å². The number of amides is 1. The first-order valence-corrected chi connectivity index (χ1v) is 7.86. The van der Waals surface area contributed by atoms with Crippen LogP contribution in [0.2, 0.25) is 0 Å². The van der Waals surface area contributed by atoms with Crippen LogP contribution < -0.4 is 5.32 Å². The number of nitrogens with zero attached hydrogens (tertiary/aromatic N) is 1. The Bertz CT molecular complexity index is 505. The van der Waals surface area contributed by atoms with Gasteiger partial charge in [0.25, 0.3) is 5.91 Å². The van der Waals surface area contributed by atoms with Crippen molar-refractivity contribution in [3.05, 3.63) is 35.4 Å². The summed E-state index contributed by atoms with van der Waals surface area (Å²) >= 11 is 0. The average molecular weight is 304 g/mol. The van der Waals surface area contributed by atoms with Crippen molar-refractivity contribution >= 4 is 11.7 Å². The zero-order valence-electron chi connectivity index (χ0n) is 13.0. The molecular weight excluding hydrogens is 280 g/mol. The van der Waals surface area contributed by atoms with E-state index in [9.17, 15) is 14.7 Å². The van der Waals surface area contributed by atoms with Crippen LogP contribution in [0.3, 0.4) is 0 Å². The molecule has 0 atom stereocenters. The molecule has 1 fully saturated rings. The highest BCUT2D eigenvalue weighted by atomic mass is 16.3. The largest absolute Gasteiger partial charge is 0.393 e. The number of aryl methyl sites for hydroxylation is 1. The van der Waals surface area contributed by atoms with Gasteiger partial charge in [0, 0.05) is 25.2 Å². The van der Waals surface area contributed by atoms with Crippen molar-refractivity contribution in [2.45, 2.75) is 32.3 Å². The summed E-state index contributed by atoms with van der Waals surface area (Å²) in [7, 11) is 0. The Morgan fingerprint density at radius 1 is 1.23 bits per heavy atom. The maximum Gasteiger partial charge on any atom is 0.292 e. The van der Waals surface area contributed by atoms with Gasteiger partial charge in [0.05, 0.1) is 6.10 Å². The highest BCUT2D eigenvalue weighted by Crippen LogP contribution is 2.09. The van der Waals surface area contributed by atoms with E-state index in [4.69, 9.17) is 0 Å². The topological polar surface area (TPSA) is 69.6 Å². The van der Waals surface area contributed by atoms with Crippen LogP contribution in [0.25, 0.3) is 0 Å². The number of rotatable bonds is 6. The van der Waals surface area contributed by atoms with E-state index < -0.39 is 11.7 Å². The normalized spacial score (nSPS) is 16.5. The molecule has 0 saturated carbocycles. The second kappa shape index (κ2) is 8.06. The van der Waals surface area contributed by atoms with E-state index in [1.165, 1.54) is 0 Å². The van der Waals surface area contributed by atoms with Gasteiger partial charge in [-0.1, -0.05) is 29.8 Å². The maximum absolute atomic E-state index is 11.9. The van der Waals surface area contributed by atoms with Crippen molar-refractivity contribution < 1.29 is 14.7 Å². The highest BCUT2D eigenvalue weighted by Gasteiger charge is 2.17. The van der Waals surface area contributed by atoms with E-state index in [2.05, 4.69) is 10.2 Å². The molecule has 1 aromatic rings. The molecule has 0 bridgehead atoms. The van der Waals surface area contributed by atoms with Gasteiger partial charge in [-0.25, -0.2) is 0 Å². The van der Waals surface area contributed by atoms with Gasteiger partial charge < -0.3 is 15.3 Å². The fraction of sp³-hybridized carbons (Fsp3) is 0.529. The number of aliphatic hydroxyl groups excluding tert-OH is 1. The third-order valence-electron chi connectivity index (χ3n) is 4.01. The van der Waals surface area contributed by atoms with E-state index in [1.54, 1.807) is 12.1 Å². The van der Waals surface area contributed by atoms with Crippen molar-refractivity contribution in [1.82, 2.24) is 10.2 Å². The van der Waals surface area contributed by atoms with Crippen LogP contribution in [-0.4, -0.2) is 54.0 Å². The van der Waals surface area contributed by atoms with Crippen LogP contribution in [0.15, 0.2) is 24.3 Å². The minimum absolute atomic E-state index is 0.164. The molecule has 2 N–H and O–H groups in total. The molecule has 1 aliphatic heterocycles. The number of carbonyl (C=O) groups is 2. The van der Waals surface area contributed by atoms with E-state index >= 15 is 0 Å². The van der Waals surface area contributed by atoms with Gasteiger partial charge in [-0.05, 0) is 32.7 Å². The van der Waals surface area contributed by atoms with Gasteiger partial charge in [-0.3, -0.25) is 9.59 Å². The Balaban J connectivity index is 1.67. The van der Waals surface area contributed by atoms with E-state index in [-0.39, 0.29) is 6.10 Å². The average Bonchev–Trinajstić information content (AvgIpc) is 2.53. The lowest BCUT2D eigenvalue weighted by Gasteiger charge is -2.29. The fourth-order valence-corrected chi connectivity index (χ4v) is 2.56. The highest BCUT2D eigenvalue weighted by molar-refractivity contribution is 6.42. The minimum atomic E-state index is -0.544. The third kappa shape index (κ3) is 4.93. The predicted molar refractivity (Wildman–Crippen MR) is 84.8 cm³/mol. The molecule has 0 aliphatic carbocycles. The molecule has 0 unspecified atom stereocenters. The number of carbonyl (C=O) groups excluding carboxylic acids is 2. The summed E-state index contributed by atoms with van der Waals surface area (Å²) in [5.41, 5.74) is 1.48. The summed E-state index contributed by atoms with van der Waals surface area (Å²) in [6.07, 6.45) is 2.28. The van der Waals surface area contributed by atoms with Crippen molar-refractivity contribution in [3.8, 4) is 0 Å². The Morgan fingerprint density at radius 2 is 1.86 bits per heavy atom. The summed E-state index contributed by atoms with van der Waals surface area (Å²) in [4.78, 5) is 26.0. The number of nitrogens with one attached hydrogen (secondary N) is 1. The van der Waals surface area contributed by atoms with Crippen molar-refractivity contribution in [3.63, 3.8) is 0 Å². The Kier molecular flexibility index (Phi) is 6.10. The lowest BCUT2D eigenvalue weighted by molar-refractivity contribution is -0.117. The lowest BCUT2D eigenvalue weighted by Crippen LogP contribution is -2.38. The van der Waals surface area contributed by atoms with Gasteiger partial charge in [0.15, 0.2) is 0 Å². The molecule has 22 heavy (non-hydrogen) atoms. The standard InChI is InChI=1S/C17H24N2O3/c1-13-3-5-14(6-4-13)16(21)17(22)18-9-2-10-19-11-7-15(20)8-12-19/h3-6,15,20H,2,7-12H2,1H3,(H,18,22). The Labute approximate surface area is 131 Å². The molecule has 0 spiro atoms. The molecule has 0 aromatic heterocycles. The summed E-state index contributed by atoms with van der Waals surface area (Å²) in [6, 6.07) is 7.00. The van der Waals surface area contributed by atoms with Crippen LogP contribution in [0, 0.1) is 6.92 Å². The van der Waals surface area contributed by atoms with Gasteiger partial charge in [0.1, 0.15) is 0 Å². The number of hydrogen-bond acceptors (Lipinski definition) is 4. The fourth-order valence-electron chi connectivity index (χ4n) is 2.56. The maximum atomic E-state index is 11.9. The van der Waals surface area contributed by atoms with Gasteiger partial charge in [-0.2, -0.15) is 0 Å². The first-order valence-electron chi connectivity index (χ1n) is 7.86. The number of Topliss-reactive ketones (excluding diaryl/α,β-unsaturated/α-hetero) is 1. The van der Waals surface area contributed by atoms with Gasteiger partial charge in [0.2, 0.25) is 5.78 Å². The van der Waals surface area contributed by atoms with Crippen molar-refractivity contribution in [1.29, 1.82) is 0 Å². The first-order chi connectivity index (χ1) is 10.6. The zero-order valence-corrected chi connectivity index (χ0v) is 13.0. The van der Waals surface area contributed by atoms with E-state index in [1.807, 2.05) is 19.1 Å². The monoisotopic (exact) mass is 304 g/mol. The van der Waals surface area contributed by atoms with Crippen molar-refractivity contribution in [2.75, 3.05) is 26.2 Å². The smallest absolute Gasteiger partial charge is 0.292 e. The molecule has 2 rings (SSSR count). The molecule has 5 heteroatoms. The van der Waals surface area contributed by atoms with E-state index in [0.717, 1.165) is 44.5 Å². The van der Waals surface area contributed by atoms with E-state index in [0.29, 0.717) is 12.1 Å². The first kappa shape index (κ1) is 16.6. The molecule has 1 amide bonds. The lowest BCUT2D eigenvalue weighted by atomic mass is 10.1. The number of benzene rings is 1.